The topological polar surface area (TPSA) is 72.5 Å². The zero-order valence-electron chi connectivity index (χ0n) is 12.7. The summed E-state index contributed by atoms with van der Waals surface area (Å²) in [6, 6.07) is 17.7. The number of hydrogen-bond donors (Lipinski definition) is 1. The number of halogens is 1. The van der Waals surface area contributed by atoms with Crippen molar-refractivity contribution >= 4 is 44.7 Å². The molecule has 1 aromatic heterocycles. The molecule has 1 heterocycles. The average molecular weight is 394 g/mol. The fourth-order valence-corrected chi connectivity index (χ4v) is 4.36. The van der Waals surface area contributed by atoms with Gasteiger partial charge in [0.1, 0.15) is 5.75 Å². The fourth-order valence-electron chi connectivity index (χ4n) is 1.99. The summed E-state index contributed by atoms with van der Waals surface area (Å²) < 4.78 is 29.7. The lowest BCUT2D eigenvalue weighted by molar-refractivity contribution is 0.102. The van der Waals surface area contributed by atoms with Crippen LogP contribution in [0.15, 0.2) is 70.9 Å². The summed E-state index contributed by atoms with van der Waals surface area (Å²) in [6.07, 6.45) is 0. The molecule has 0 radical (unpaired) electrons. The lowest BCUT2D eigenvalue weighted by Gasteiger charge is -2.08. The second-order valence-electron chi connectivity index (χ2n) is 4.94. The maximum absolute atomic E-state index is 12.1. The fraction of sp³-hybridized carbons (Fsp3) is 0. The maximum atomic E-state index is 12.1. The summed E-state index contributed by atoms with van der Waals surface area (Å²) in [5.41, 5.74) is 1.05. The maximum Gasteiger partial charge on any atom is 0.348 e. The zero-order valence-corrected chi connectivity index (χ0v) is 15.1. The molecule has 128 valence electrons. The number of hydrogen-bond acceptors (Lipinski definition) is 5. The van der Waals surface area contributed by atoms with Gasteiger partial charge in [-0.15, -0.1) is 11.3 Å². The molecule has 8 heteroatoms. The smallest absolute Gasteiger partial charge is 0.348 e. The quantitative estimate of drug-likeness (QED) is 0.651. The number of carbonyl (C=O) groups is 1. The number of anilines is 1. The first-order valence-corrected chi connectivity index (χ1v) is 9.71. The van der Waals surface area contributed by atoms with Crippen molar-refractivity contribution in [2.24, 2.45) is 0 Å². The normalized spacial score (nSPS) is 11.1. The predicted octanol–water partition coefficient (Wildman–Crippen LogP) is 4.42. The van der Waals surface area contributed by atoms with Gasteiger partial charge >= 0.3 is 10.1 Å². The van der Waals surface area contributed by atoms with E-state index in [1.807, 2.05) is 6.07 Å². The van der Waals surface area contributed by atoms with Crippen LogP contribution in [-0.4, -0.2) is 14.3 Å². The number of thiophene rings is 1. The van der Waals surface area contributed by atoms with Crippen LogP contribution in [0.1, 0.15) is 10.4 Å². The molecule has 0 fully saturated rings. The Bertz CT molecular complexity index is 983. The molecule has 5 nitrogen and oxygen atoms in total. The molecule has 0 aliphatic heterocycles. The van der Waals surface area contributed by atoms with E-state index in [1.165, 1.54) is 24.3 Å². The largest absolute Gasteiger partial charge is 0.378 e. The zero-order chi connectivity index (χ0) is 17.9. The highest BCUT2D eigenvalue weighted by Crippen LogP contribution is 2.28. The van der Waals surface area contributed by atoms with Gasteiger partial charge in [0.05, 0.1) is 4.34 Å². The van der Waals surface area contributed by atoms with Crippen molar-refractivity contribution in [3.8, 4) is 5.75 Å². The number of carbonyl (C=O) groups excluding carboxylic acids is 1. The third-order valence-electron chi connectivity index (χ3n) is 3.15. The van der Waals surface area contributed by atoms with Gasteiger partial charge in [-0.2, -0.15) is 8.42 Å². The van der Waals surface area contributed by atoms with E-state index in [1.54, 1.807) is 36.4 Å². The standard InChI is InChI=1S/C17H12ClNO4S2/c18-15-10-11-16(24-15)25(21,22)23-14-8-6-13(7-9-14)19-17(20)12-4-2-1-3-5-12/h1-11H,(H,19,20). The van der Waals surface area contributed by atoms with Crippen LogP contribution >= 0.6 is 22.9 Å². The third-order valence-corrected chi connectivity index (χ3v) is 6.08. The molecule has 2 aromatic carbocycles. The van der Waals surface area contributed by atoms with E-state index < -0.39 is 10.1 Å². The van der Waals surface area contributed by atoms with Crippen LogP contribution < -0.4 is 9.50 Å². The Labute approximate surface area is 154 Å². The Hall–Kier alpha value is -2.35. The Morgan fingerprint density at radius 3 is 2.24 bits per heavy atom. The van der Waals surface area contributed by atoms with E-state index >= 15 is 0 Å². The summed E-state index contributed by atoms with van der Waals surface area (Å²) in [4.78, 5) is 12.1. The first-order chi connectivity index (χ1) is 11.9. The average Bonchev–Trinajstić information content (AvgIpc) is 3.05. The number of nitrogens with one attached hydrogen (secondary N) is 1. The molecule has 0 saturated heterocycles. The summed E-state index contributed by atoms with van der Waals surface area (Å²) >= 11 is 6.67. The second-order valence-corrected chi connectivity index (χ2v) is 8.43. The molecular formula is C17H12ClNO4S2. The van der Waals surface area contributed by atoms with E-state index in [0.717, 1.165) is 11.3 Å². The van der Waals surface area contributed by atoms with Gasteiger partial charge in [-0.3, -0.25) is 4.79 Å². The van der Waals surface area contributed by atoms with E-state index in [9.17, 15) is 13.2 Å². The Kier molecular flexibility index (Phi) is 5.08. The van der Waals surface area contributed by atoms with Crippen LogP contribution in [0.3, 0.4) is 0 Å². The number of benzene rings is 2. The van der Waals surface area contributed by atoms with Crippen molar-refractivity contribution in [3.05, 3.63) is 76.6 Å². The van der Waals surface area contributed by atoms with Crippen molar-refractivity contribution in [1.29, 1.82) is 0 Å². The van der Waals surface area contributed by atoms with E-state index in [2.05, 4.69) is 5.32 Å². The van der Waals surface area contributed by atoms with Crippen molar-refractivity contribution in [2.75, 3.05) is 5.32 Å². The summed E-state index contributed by atoms with van der Waals surface area (Å²) in [5.74, 6) is -0.114. The van der Waals surface area contributed by atoms with Gasteiger partial charge in [0, 0.05) is 11.3 Å². The van der Waals surface area contributed by atoms with Crippen molar-refractivity contribution in [1.82, 2.24) is 0 Å². The number of amides is 1. The Morgan fingerprint density at radius 1 is 0.960 bits per heavy atom. The van der Waals surface area contributed by atoms with Crippen LogP contribution in [0.5, 0.6) is 5.75 Å². The van der Waals surface area contributed by atoms with Crippen LogP contribution in [0.25, 0.3) is 0 Å². The lowest BCUT2D eigenvalue weighted by Crippen LogP contribution is -2.11. The van der Waals surface area contributed by atoms with E-state index in [-0.39, 0.29) is 15.9 Å². The molecule has 0 saturated carbocycles. The molecule has 0 bridgehead atoms. The first-order valence-electron chi connectivity index (χ1n) is 7.10. The van der Waals surface area contributed by atoms with Crippen molar-refractivity contribution in [3.63, 3.8) is 0 Å². The molecule has 1 N–H and O–H groups in total. The molecule has 0 atom stereocenters. The monoisotopic (exact) mass is 393 g/mol. The summed E-state index contributed by atoms with van der Waals surface area (Å²) in [5, 5.41) is 2.72. The Balaban J connectivity index is 1.69. The highest BCUT2D eigenvalue weighted by Gasteiger charge is 2.19. The summed E-state index contributed by atoms with van der Waals surface area (Å²) in [6.45, 7) is 0. The predicted molar refractivity (Wildman–Crippen MR) is 98.0 cm³/mol. The van der Waals surface area contributed by atoms with Gasteiger partial charge in [-0.1, -0.05) is 29.8 Å². The second kappa shape index (κ2) is 7.26. The summed E-state index contributed by atoms with van der Waals surface area (Å²) in [7, 11) is -3.92. The SMILES string of the molecule is O=C(Nc1ccc(OS(=O)(=O)c2ccc(Cl)s2)cc1)c1ccccc1. The minimum Gasteiger partial charge on any atom is -0.378 e. The molecular weight excluding hydrogens is 382 g/mol. The van der Waals surface area contributed by atoms with E-state index in [4.69, 9.17) is 15.8 Å². The van der Waals surface area contributed by atoms with Crippen molar-refractivity contribution < 1.29 is 17.4 Å². The molecule has 0 aliphatic carbocycles. The van der Waals surface area contributed by atoms with Crippen molar-refractivity contribution in [2.45, 2.75) is 4.21 Å². The highest BCUT2D eigenvalue weighted by molar-refractivity contribution is 7.89. The van der Waals surface area contributed by atoms with Crippen LogP contribution in [-0.2, 0) is 10.1 Å². The molecule has 0 spiro atoms. The third kappa shape index (κ3) is 4.39. The van der Waals surface area contributed by atoms with Gasteiger partial charge < -0.3 is 9.50 Å². The minimum atomic E-state index is -3.92. The molecule has 3 aromatic rings. The molecule has 1 amide bonds. The highest BCUT2D eigenvalue weighted by atomic mass is 35.5. The van der Waals surface area contributed by atoms with E-state index in [0.29, 0.717) is 15.6 Å². The molecule has 0 aliphatic rings. The van der Waals surface area contributed by atoms with Gasteiger partial charge in [-0.25, -0.2) is 0 Å². The Morgan fingerprint density at radius 2 is 1.64 bits per heavy atom. The number of rotatable bonds is 5. The van der Waals surface area contributed by atoms with Gasteiger partial charge in [0.15, 0.2) is 4.21 Å². The van der Waals surface area contributed by atoms with Crippen LogP contribution in [0.2, 0.25) is 4.34 Å². The molecule has 25 heavy (non-hydrogen) atoms. The minimum absolute atomic E-state index is 0.0268. The van der Waals surface area contributed by atoms with Gasteiger partial charge in [0.25, 0.3) is 5.91 Å². The molecule has 3 rings (SSSR count). The lowest BCUT2D eigenvalue weighted by atomic mass is 10.2. The van der Waals surface area contributed by atoms with Gasteiger partial charge in [0.2, 0.25) is 0 Å². The molecule has 0 unspecified atom stereocenters. The first kappa shape index (κ1) is 17.5. The van der Waals surface area contributed by atoms with Gasteiger partial charge in [-0.05, 0) is 48.5 Å². The van der Waals surface area contributed by atoms with Crippen LogP contribution in [0.4, 0.5) is 5.69 Å². The van der Waals surface area contributed by atoms with Crippen LogP contribution in [0, 0.1) is 0 Å².